The summed E-state index contributed by atoms with van der Waals surface area (Å²) in [5.74, 6) is 0. The second-order valence-corrected chi connectivity index (χ2v) is 12.0. The van der Waals surface area contributed by atoms with Crippen LogP contribution in [0.4, 0.5) is 5.69 Å². The summed E-state index contributed by atoms with van der Waals surface area (Å²) >= 11 is 0. The van der Waals surface area contributed by atoms with Gasteiger partial charge in [0.25, 0.3) is 5.69 Å². The highest BCUT2D eigenvalue weighted by molar-refractivity contribution is 5.97. The lowest BCUT2D eigenvalue weighted by Crippen LogP contribution is -2.31. The van der Waals surface area contributed by atoms with Gasteiger partial charge in [-0.2, -0.15) is 0 Å². The van der Waals surface area contributed by atoms with E-state index in [1.54, 1.807) is 0 Å². The molecule has 1 heterocycles. The number of hydrogen-bond acceptors (Lipinski definition) is 0. The average Bonchev–Trinajstić information content (AvgIpc) is 2.78. The highest BCUT2D eigenvalue weighted by atomic mass is 14.9. The maximum atomic E-state index is 8.20. The fourth-order valence-electron chi connectivity index (χ4n) is 5.10. The van der Waals surface area contributed by atoms with Crippen LogP contribution in [0.15, 0.2) is 66.9 Å². The molecule has 0 fully saturated rings. The quantitative estimate of drug-likeness (QED) is 0.213. The summed E-state index contributed by atoms with van der Waals surface area (Å²) in [7, 11) is 2.05. The largest absolute Gasteiger partial charge is 0.264 e. The molecule has 4 rings (SSSR count). The summed E-state index contributed by atoms with van der Waals surface area (Å²) < 4.78 is 2.11. The normalized spacial score (nSPS) is 12.1. The second kappa shape index (κ2) is 8.97. The summed E-state index contributed by atoms with van der Waals surface area (Å²) in [5.41, 5.74) is 8.97. The van der Waals surface area contributed by atoms with Gasteiger partial charge < -0.3 is 0 Å². The number of aromatic nitrogens is 1. The molecule has 0 saturated heterocycles. The van der Waals surface area contributed by atoms with Crippen LogP contribution >= 0.6 is 0 Å². The average molecular weight is 462 g/mol. The molecule has 2 nitrogen and oxygen atoms in total. The van der Waals surface area contributed by atoms with Gasteiger partial charge in [-0.25, -0.2) is 9.41 Å². The predicted octanol–water partition coefficient (Wildman–Crippen LogP) is 8.74. The van der Waals surface area contributed by atoms with E-state index in [2.05, 4.69) is 125 Å². The fourth-order valence-corrected chi connectivity index (χ4v) is 5.10. The Morgan fingerprint density at radius 1 is 0.829 bits per heavy atom. The lowest BCUT2D eigenvalue weighted by molar-refractivity contribution is -0.659. The van der Waals surface area contributed by atoms with Gasteiger partial charge in [0.2, 0.25) is 5.69 Å². The van der Waals surface area contributed by atoms with Gasteiger partial charge in [-0.3, -0.25) is 0 Å². The molecule has 0 amide bonds. The summed E-state index contributed by atoms with van der Waals surface area (Å²) in [4.78, 5) is 4.11. The van der Waals surface area contributed by atoms with Crippen molar-refractivity contribution in [2.24, 2.45) is 12.5 Å². The maximum Gasteiger partial charge on any atom is 0.264 e. The van der Waals surface area contributed by atoms with E-state index in [1.165, 1.54) is 27.5 Å². The van der Waals surface area contributed by atoms with Gasteiger partial charge in [-0.15, -0.1) is 0 Å². The van der Waals surface area contributed by atoms with E-state index < -0.39 is 0 Å². The first kappa shape index (κ1) is 24.7. The molecule has 2 heteroatoms. The van der Waals surface area contributed by atoms with Gasteiger partial charge in [-0.05, 0) is 69.3 Å². The number of aryl methyl sites for hydroxylation is 2. The smallest absolute Gasteiger partial charge is 0.230 e. The van der Waals surface area contributed by atoms with Crippen molar-refractivity contribution in [2.75, 3.05) is 0 Å². The summed E-state index contributed by atoms with van der Waals surface area (Å²) in [6, 6.07) is 21.8. The minimum atomic E-state index is -0.0145. The summed E-state index contributed by atoms with van der Waals surface area (Å²) in [6.07, 6.45) is 3.12. The number of pyridine rings is 1. The minimum absolute atomic E-state index is 0.0145. The first-order valence-corrected chi connectivity index (χ1v) is 12.4. The lowest BCUT2D eigenvalue weighted by atomic mass is 9.80. The molecule has 0 radical (unpaired) electrons. The van der Waals surface area contributed by atoms with Crippen molar-refractivity contribution in [3.8, 4) is 22.4 Å². The van der Waals surface area contributed by atoms with Gasteiger partial charge in [0.1, 0.15) is 7.05 Å². The molecule has 3 aromatic carbocycles. The van der Waals surface area contributed by atoms with Gasteiger partial charge >= 0.3 is 0 Å². The second-order valence-electron chi connectivity index (χ2n) is 12.0. The third kappa shape index (κ3) is 4.87. The third-order valence-corrected chi connectivity index (χ3v) is 6.79. The molecule has 0 aliphatic heterocycles. The molecule has 0 saturated carbocycles. The summed E-state index contributed by atoms with van der Waals surface area (Å²) in [5, 5.41) is 2.54. The van der Waals surface area contributed by atoms with Crippen LogP contribution in [0.1, 0.15) is 58.2 Å². The van der Waals surface area contributed by atoms with E-state index in [9.17, 15) is 0 Å². The van der Waals surface area contributed by atoms with Crippen LogP contribution in [0.3, 0.4) is 0 Å². The molecular formula is C33H37N2+. The number of benzene rings is 3. The van der Waals surface area contributed by atoms with Crippen molar-refractivity contribution >= 4 is 16.5 Å². The Hall–Kier alpha value is -3.44. The topological polar surface area (TPSA) is 8.24 Å². The zero-order valence-electron chi connectivity index (χ0n) is 22.5. The van der Waals surface area contributed by atoms with Crippen LogP contribution in [0.2, 0.25) is 0 Å². The molecule has 4 aromatic rings. The molecule has 0 aliphatic rings. The van der Waals surface area contributed by atoms with Gasteiger partial charge in [0.15, 0.2) is 6.20 Å². The first-order chi connectivity index (χ1) is 16.4. The zero-order chi connectivity index (χ0) is 25.5. The predicted molar refractivity (Wildman–Crippen MR) is 149 cm³/mol. The Kier molecular flexibility index (Phi) is 6.32. The van der Waals surface area contributed by atoms with Crippen molar-refractivity contribution in [1.29, 1.82) is 0 Å². The van der Waals surface area contributed by atoms with E-state index >= 15 is 0 Å². The van der Waals surface area contributed by atoms with Crippen LogP contribution in [0, 0.1) is 18.9 Å². The monoisotopic (exact) mass is 461 g/mol. The Morgan fingerprint density at radius 3 is 2.03 bits per heavy atom. The SMILES string of the molecule is [C-]#[N+]c1c(-c2ccc(CC(C)(C)C)cc2)cc[n+](C)c1-c1cc(C(C)(C)C)c2ccccc2c1C. The number of fused-ring (bicyclic) bond motifs is 1. The highest BCUT2D eigenvalue weighted by Crippen LogP contribution is 2.42. The molecule has 0 atom stereocenters. The summed E-state index contributed by atoms with van der Waals surface area (Å²) in [6.45, 7) is 24.0. The van der Waals surface area contributed by atoms with Crippen LogP contribution < -0.4 is 4.57 Å². The molecule has 0 aliphatic carbocycles. The highest BCUT2D eigenvalue weighted by Gasteiger charge is 2.27. The number of nitrogens with zero attached hydrogens (tertiary/aromatic N) is 2. The molecule has 0 bridgehead atoms. The van der Waals surface area contributed by atoms with Crippen molar-refractivity contribution in [2.45, 2.75) is 60.3 Å². The molecule has 0 unspecified atom stereocenters. The molecule has 0 N–H and O–H groups in total. The van der Waals surface area contributed by atoms with Gasteiger partial charge in [0.05, 0.1) is 6.57 Å². The number of rotatable bonds is 3. The Morgan fingerprint density at radius 2 is 1.46 bits per heavy atom. The molecule has 35 heavy (non-hydrogen) atoms. The van der Waals surface area contributed by atoms with E-state index in [1.807, 2.05) is 7.05 Å². The van der Waals surface area contributed by atoms with E-state index in [0.717, 1.165) is 28.8 Å². The number of hydrogen-bond donors (Lipinski definition) is 0. The van der Waals surface area contributed by atoms with Gasteiger partial charge in [0, 0.05) is 11.1 Å². The molecule has 0 spiro atoms. The lowest BCUT2D eigenvalue weighted by Gasteiger charge is -2.24. The molecule has 178 valence electrons. The first-order valence-electron chi connectivity index (χ1n) is 12.4. The van der Waals surface area contributed by atoms with Crippen LogP contribution in [-0.2, 0) is 18.9 Å². The Bertz CT molecular complexity index is 1440. The Balaban J connectivity index is 1.96. The maximum absolute atomic E-state index is 8.20. The van der Waals surface area contributed by atoms with Crippen molar-refractivity contribution in [1.82, 2.24) is 0 Å². The minimum Gasteiger partial charge on any atom is -0.230 e. The van der Waals surface area contributed by atoms with Crippen LogP contribution in [0.5, 0.6) is 0 Å². The van der Waals surface area contributed by atoms with Crippen LogP contribution in [-0.4, -0.2) is 0 Å². The van der Waals surface area contributed by atoms with Crippen molar-refractivity contribution < 1.29 is 4.57 Å². The standard InChI is InChI=1S/C33H37N2/c1-22-25-12-10-11-13-27(25)29(33(5,6)7)20-28(22)31-30(34-8)26(18-19-35(31)9)24-16-14-23(15-17-24)21-32(2,3)4/h10-20H,21H2,1-7,9H3/q+1. The van der Waals surface area contributed by atoms with E-state index in [4.69, 9.17) is 6.57 Å². The fraction of sp³-hybridized carbons (Fsp3) is 0.333. The van der Waals surface area contributed by atoms with E-state index in [0.29, 0.717) is 5.69 Å². The van der Waals surface area contributed by atoms with Crippen molar-refractivity contribution in [3.05, 3.63) is 95.0 Å². The Labute approximate surface area is 211 Å². The van der Waals surface area contributed by atoms with Crippen LogP contribution in [0.25, 0.3) is 38.0 Å². The van der Waals surface area contributed by atoms with Crippen molar-refractivity contribution in [3.63, 3.8) is 0 Å². The molecular weight excluding hydrogens is 424 g/mol. The molecule has 1 aromatic heterocycles. The van der Waals surface area contributed by atoms with E-state index in [-0.39, 0.29) is 10.8 Å². The van der Waals surface area contributed by atoms with Gasteiger partial charge in [-0.1, -0.05) is 90.1 Å². The zero-order valence-corrected chi connectivity index (χ0v) is 22.5. The third-order valence-electron chi connectivity index (χ3n) is 6.79.